The predicted octanol–water partition coefficient (Wildman–Crippen LogP) is 3.99. The van der Waals surface area contributed by atoms with Crippen molar-refractivity contribution in [3.8, 4) is 5.75 Å². The summed E-state index contributed by atoms with van der Waals surface area (Å²) in [5, 5.41) is 10.4. The van der Waals surface area contributed by atoms with E-state index in [9.17, 15) is 9.50 Å². The molecule has 2 rings (SSSR count). The van der Waals surface area contributed by atoms with Gasteiger partial charge in [-0.3, -0.25) is 0 Å². The lowest BCUT2D eigenvalue weighted by Crippen LogP contribution is -2.02. The number of hydrogen-bond donors (Lipinski definition) is 1. The normalized spacial score (nSPS) is 12.3. The molecule has 2 aromatic rings. The molecule has 0 aromatic heterocycles. The Kier molecular flexibility index (Phi) is 4.22. The first-order valence-corrected chi connectivity index (χ1v) is 6.59. The van der Waals surface area contributed by atoms with E-state index in [2.05, 4.69) is 15.9 Å². The maximum Gasteiger partial charge on any atom is 0.124 e. The number of hydrogen-bond acceptors (Lipinski definition) is 2. The lowest BCUT2D eigenvalue weighted by atomic mass is 9.99. The van der Waals surface area contributed by atoms with Crippen molar-refractivity contribution in [2.45, 2.75) is 13.0 Å². The van der Waals surface area contributed by atoms with E-state index < -0.39 is 6.10 Å². The molecule has 0 amide bonds. The van der Waals surface area contributed by atoms with Gasteiger partial charge in [-0.05, 0) is 47.9 Å². The van der Waals surface area contributed by atoms with Crippen molar-refractivity contribution >= 4 is 15.9 Å². The van der Waals surface area contributed by atoms with Crippen molar-refractivity contribution in [3.05, 3.63) is 63.4 Å². The molecule has 0 saturated heterocycles. The van der Waals surface area contributed by atoms with E-state index in [-0.39, 0.29) is 5.82 Å². The van der Waals surface area contributed by atoms with Crippen molar-refractivity contribution in [1.82, 2.24) is 0 Å². The summed E-state index contributed by atoms with van der Waals surface area (Å²) >= 11 is 3.27. The van der Waals surface area contributed by atoms with Gasteiger partial charge < -0.3 is 9.84 Å². The lowest BCUT2D eigenvalue weighted by molar-refractivity contribution is 0.219. The molecule has 0 aliphatic carbocycles. The van der Waals surface area contributed by atoms with Crippen LogP contribution in [0.2, 0.25) is 0 Å². The number of methoxy groups -OCH3 is 1. The van der Waals surface area contributed by atoms with Crippen LogP contribution in [0.4, 0.5) is 4.39 Å². The highest BCUT2D eigenvalue weighted by Gasteiger charge is 2.15. The topological polar surface area (TPSA) is 29.5 Å². The number of aliphatic hydroxyl groups excluding tert-OH is 1. The molecular formula is C15H14BrFO2. The molecule has 4 heteroatoms. The van der Waals surface area contributed by atoms with Crippen LogP contribution in [0.3, 0.4) is 0 Å². The van der Waals surface area contributed by atoms with Crippen LogP contribution < -0.4 is 4.74 Å². The van der Waals surface area contributed by atoms with Crippen LogP contribution in [-0.2, 0) is 0 Å². The van der Waals surface area contributed by atoms with Gasteiger partial charge in [0.1, 0.15) is 17.7 Å². The maximum absolute atomic E-state index is 13.0. The van der Waals surface area contributed by atoms with Gasteiger partial charge in [-0.1, -0.05) is 28.1 Å². The van der Waals surface area contributed by atoms with Crippen molar-refractivity contribution < 1.29 is 14.2 Å². The first-order valence-electron chi connectivity index (χ1n) is 5.80. The third kappa shape index (κ3) is 2.96. The van der Waals surface area contributed by atoms with E-state index in [1.165, 1.54) is 12.1 Å². The Morgan fingerprint density at radius 2 is 1.95 bits per heavy atom. The summed E-state index contributed by atoms with van der Waals surface area (Å²) in [6.45, 7) is 1.91. The monoisotopic (exact) mass is 324 g/mol. The minimum atomic E-state index is -0.806. The molecular weight excluding hydrogens is 311 g/mol. The Morgan fingerprint density at radius 1 is 1.21 bits per heavy atom. The van der Waals surface area contributed by atoms with Crippen molar-refractivity contribution in [1.29, 1.82) is 0 Å². The zero-order chi connectivity index (χ0) is 14.0. The zero-order valence-corrected chi connectivity index (χ0v) is 12.2. The molecule has 0 heterocycles. The maximum atomic E-state index is 13.0. The number of ether oxygens (including phenoxy) is 1. The fourth-order valence-electron chi connectivity index (χ4n) is 1.97. The molecule has 2 aromatic carbocycles. The van der Waals surface area contributed by atoms with Crippen LogP contribution >= 0.6 is 15.9 Å². The molecule has 100 valence electrons. The van der Waals surface area contributed by atoms with Gasteiger partial charge in [-0.25, -0.2) is 4.39 Å². The van der Waals surface area contributed by atoms with Crippen LogP contribution in [0.25, 0.3) is 0 Å². The molecule has 0 radical (unpaired) electrons. The number of halogens is 2. The summed E-state index contributed by atoms with van der Waals surface area (Å²) in [6.07, 6.45) is -0.806. The van der Waals surface area contributed by atoms with Gasteiger partial charge in [0.2, 0.25) is 0 Å². The fourth-order valence-corrected chi connectivity index (χ4v) is 2.54. The third-order valence-corrected chi connectivity index (χ3v) is 3.68. The fraction of sp³-hybridized carbons (Fsp3) is 0.200. The Balaban J connectivity index is 2.38. The van der Waals surface area contributed by atoms with E-state index >= 15 is 0 Å². The van der Waals surface area contributed by atoms with Gasteiger partial charge in [0.05, 0.1) is 7.11 Å². The summed E-state index contributed by atoms with van der Waals surface area (Å²) in [4.78, 5) is 0. The third-order valence-electron chi connectivity index (χ3n) is 2.99. The molecule has 0 fully saturated rings. The van der Waals surface area contributed by atoms with Crippen molar-refractivity contribution in [2.75, 3.05) is 7.11 Å². The Hall–Kier alpha value is -1.39. The molecule has 1 N–H and O–H groups in total. The summed E-state index contributed by atoms with van der Waals surface area (Å²) in [5.74, 6) is 0.433. The van der Waals surface area contributed by atoms with Crippen molar-refractivity contribution in [3.63, 3.8) is 0 Å². The average Bonchev–Trinajstić information content (AvgIpc) is 2.38. The van der Waals surface area contributed by atoms with E-state index in [1.807, 2.05) is 19.1 Å². The molecule has 1 atom stereocenters. The summed E-state index contributed by atoms with van der Waals surface area (Å²) in [5.41, 5.74) is 2.31. The van der Waals surface area contributed by atoms with Gasteiger partial charge >= 0.3 is 0 Å². The first kappa shape index (κ1) is 14.0. The standard InChI is InChI=1S/C15H14BrFO2/c1-9-7-10(3-6-14(9)19-2)15(18)12-5-4-11(17)8-13(12)16/h3-8,15,18H,1-2H3. The molecule has 0 aliphatic rings. The highest BCUT2D eigenvalue weighted by atomic mass is 79.9. The van der Waals surface area contributed by atoms with Gasteiger partial charge in [0, 0.05) is 4.47 Å². The Bertz CT molecular complexity index is 599. The smallest absolute Gasteiger partial charge is 0.124 e. The molecule has 0 bridgehead atoms. The Labute approximate surface area is 120 Å². The second-order valence-corrected chi connectivity index (χ2v) is 5.15. The van der Waals surface area contributed by atoms with E-state index in [0.717, 1.165) is 16.9 Å². The van der Waals surface area contributed by atoms with Gasteiger partial charge in [-0.2, -0.15) is 0 Å². The molecule has 0 spiro atoms. The second kappa shape index (κ2) is 5.72. The van der Waals surface area contributed by atoms with Crippen LogP contribution in [0.1, 0.15) is 22.8 Å². The van der Waals surface area contributed by atoms with E-state index in [4.69, 9.17) is 4.74 Å². The SMILES string of the molecule is COc1ccc(C(O)c2ccc(F)cc2Br)cc1C. The Morgan fingerprint density at radius 3 is 2.53 bits per heavy atom. The molecule has 19 heavy (non-hydrogen) atoms. The first-order chi connectivity index (χ1) is 9.02. The largest absolute Gasteiger partial charge is 0.496 e. The summed E-state index contributed by atoms with van der Waals surface area (Å²) < 4.78 is 18.8. The summed E-state index contributed by atoms with van der Waals surface area (Å²) in [7, 11) is 1.61. The predicted molar refractivity (Wildman–Crippen MR) is 75.9 cm³/mol. The van der Waals surface area contributed by atoms with Crippen LogP contribution in [0.15, 0.2) is 40.9 Å². The van der Waals surface area contributed by atoms with E-state index in [1.54, 1.807) is 19.2 Å². The molecule has 0 saturated carbocycles. The molecule has 0 aliphatic heterocycles. The van der Waals surface area contributed by atoms with Crippen molar-refractivity contribution in [2.24, 2.45) is 0 Å². The van der Waals surface area contributed by atoms with Gasteiger partial charge in [0.15, 0.2) is 0 Å². The quantitative estimate of drug-likeness (QED) is 0.925. The van der Waals surface area contributed by atoms with E-state index in [0.29, 0.717) is 10.0 Å². The van der Waals surface area contributed by atoms with Gasteiger partial charge in [-0.15, -0.1) is 0 Å². The lowest BCUT2D eigenvalue weighted by Gasteiger charge is -2.15. The second-order valence-electron chi connectivity index (χ2n) is 4.30. The molecule has 1 unspecified atom stereocenters. The zero-order valence-electron chi connectivity index (χ0n) is 10.7. The summed E-state index contributed by atoms with van der Waals surface area (Å²) in [6, 6.07) is 9.72. The van der Waals surface area contributed by atoms with Crippen LogP contribution in [0, 0.1) is 12.7 Å². The molecule has 2 nitrogen and oxygen atoms in total. The van der Waals surface area contributed by atoms with Crippen LogP contribution in [0.5, 0.6) is 5.75 Å². The highest BCUT2D eigenvalue weighted by molar-refractivity contribution is 9.10. The number of aliphatic hydroxyl groups is 1. The highest BCUT2D eigenvalue weighted by Crippen LogP contribution is 2.31. The minimum absolute atomic E-state index is 0.339. The number of rotatable bonds is 3. The van der Waals surface area contributed by atoms with Crippen LogP contribution in [-0.4, -0.2) is 12.2 Å². The minimum Gasteiger partial charge on any atom is -0.496 e. The number of benzene rings is 2. The van der Waals surface area contributed by atoms with Gasteiger partial charge in [0.25, 0.3) is 0 Å². The number of aryl methyl sites for hydroxylation is 1. The average molecular weight is 325 g/mol.